The monoisotopic (exact) mass is 198 g/mol. The molecule has 4 nitrogen and oxygen atoms in total. The third-order valence-corrected chi connectivity index (χ3v) is 2.25. The predicted octanol–water partition coefficient (Wildman–Crippen LogP) is 2.63. The molecule has 0 bridgehead atoms. The summed E-state index contributed by atoms with van der Waals surface area (Å²) in [5.74, 6) is 0.760. The molecule has 0 aliphatic heterocycles. The Morgan fingerprint density at radius 1 is 1.13 bits per heavy atom. The standard InChI is InChI=1S/C11H10N4/c1-2-4-10-9(3-1)14-11(15-10)13-8-5-6-12-7-8/h1-7,12H,(H2,13,14,15). The molecule has 3 rings (SSSR count). The van der Waals surface area contributed by atoms with E-state index in [2.05, 4.69) is 20.3 Å². The molecule has 3 N–H and O–H groups in total. The molecule has 0 aliphatic carbocycles. The van der Waals surface area contributed by atoms with Crippen molar-refractivity contribution in [2.45, 2.75) is 0 Å². The lowest BCUT2D eigenvalue weighted by molar-refractivity contribution is 1.31. The normalized spacial score (nSPS) is 10.7. The van der Waals surface area contributed by atoms with Gasteiger partial charge in [0.05, 0.1) is 16.7 Å². The Labute approximate surface area is 86.4 Å². The largest absolute Gasteiger partial charge is 0.366 e. The van der Waals surface area contributed by atoms with Gasteiger partial charge in [0.25, 0.3) is 0 Å². The van der Waals surface area contributed by atoms with Gasteiger partial charge in [0.1, 0.15) is 0 Å². The average Bonchev–Trinajstić information content (AvgIpc) is 2.86. The highest BCUT2D eigenvalue weighted by molar-refractivity contribution is 5.78. The van der Waals surface area contributed by atoms with Crippen LogP contribution in [0.2, 0.25) is 0 Å². The minimum Gasteiger partial charge on any atom is -0.366 e. The van der Waals surface area contributed by atoms with Crippen molar-refractivity contribution in [3.63, 3.8) is 0 Å². The molecule has 0 radical (unpaired) electrons. The van der Waals surface area contributed by atoms with Gasteiger partial charge in [-0.3, -0.25) is 0 Å². The maximum absolute atomic E-state index is 4.41. The second kappa shape index (κ2) is 3.16. The van der Waals surface area contributed by atoms with Crippen molar-refractivity contribution >= 4 is 22.7 Å². The molecular formula is C11H10N4. The van der Waals surface area contributed by atoms with Gasteiger partial charge in [-0.05, 0) is 18.2 Å². The number of imidazole rings is 1. The van der Waals surface area contributed by atoms with Crippen molar-refractivity contribution in [2.75, 3.05) is 5.32 Å². The van der Waals surface area contributed by atoms with Gasteiger partial charge in [-0.1, -0.05) is 12.1 Å². The zero-order chi connectivity index (χ0) is 10.1. The SMILES string of the molecule is c1ccc2[nH]c(Nc3cc[nH]c3)nc2c1. The minimum atomic E-state index is 0.760. The number of benzene rings is 1. The number of H-pyrrole nitrogens is 2. The summed E-state index contributed by atoms with van der Waals surface area (Å²) in [6.45, 7) is 0. The van der Waals surface area contributed by atoms with E-state index in [1.54, 1.807) is 0 Å². The number of aromatic nitrogens is 3. The fraction of sp³-hybridized carbons (Fsp3) is 0. The van der Waals surface area contributed by atoms with Gasteiger partial charge in [-0.25, -0.2) is 4.98 Å². The highest BCUT2D eigenvalue weighted by Gasteiger charge is 2.01. The molecule has 0 aliphatic rings. The zero-order valence-corrected chi connectivity index (χ0v) is 7.99. The van der Waals surface area contributed by atoms with E-state index in [-0.39, 0.29) is 0 Å². The number of nitrogens with one attached hydrogen (secondary N) is 3. The van der Waals surface area contributed by atoms with E-state index in [0.717, 1.165) is 22.7 Å². The van der Waals surface area contributed by atoms with Crippen LogP contribution in [-0.4, -0.2) is 15.0 Å². The van der Waals surface area contributed by atoms with Crippen LogP contribution >= 0.6 is 0 Å². The minimum absolute atomic E-state index is 0.760. The molecule has 0 atom stereocenters. The molecule has 0 fully saturated rings. The molecule has 1 aromatic carbocycles. The smallest absolute Gasteiger partial charge is 0.205 e. The molecule has 0 unspecified atom stereocenters. The second-order valence-electron chi connectivity index (χ2n) is 3.33. The summed E-state index contributed by atoms with van der Waals surface area (Å²) < 4.78 is 0. The first kappa shape index (κ1) is 8.11. The number of fused-ring (bicyclic) bond motifs is 1. The second-order valence-corrected chi connectivity index (χ2v) is 3.33. The van der Waals surface area contributed by atoms with E-state index in [4.69, 9.17) is 0 Å². The van der Waals surface area contributed by atoms with Crippen LogP contribution in [0.4, 0.5) is 11.6 Å². The highest BCUT2D eigenvalue weighted by atomic mass is 15.1. The molecule has 2 aromatic heterocycles. The molecule has 0 amide bonds. The molecule has 15 heavy (non-hydrogen) atoms. The lowest BCUT2D eigenvalue weighted by Gasteiger charge is -1.96. The third-order valence-electron chi connectivity index (χ3n) is 2.25. The summed E-state index contributed by atoms with van der Waals surface area (Å²) in [6, 6.07) is 9.90. The summed E-state index contributed by atoms with van der Waals surface area (Å²) in [4.78, 5) is 10.6. The Morgan fingerprint density at radius 3 is 2.87 bits per heavy atom. The van der Waals surface area contributed by atoms with Crippen LogP contribution in [0.15, 0.2) is 42.7 Å². The van der Waals surface area contributed by atoms with Gasteiger partial charge in [0.2, 0.25) is 5.95 Å². The fourth-order valence-electron chi connectivity index (χ4n) is 1.55. The lowest BCUT2D eigenvalue weighted by Crippen LogP contribution is -1.89. The van der Waals surface area contributed by atoms with Crippen LogP contribution in [0, 0.1) is 0 Å². The number of aromatic amines is 2. The fourth-order valence-corrected chi connectivity index (χ4v) is 1.55. The number of nitrogens with zero attached hydrogens (tertiary/aromatic N) is 1. The topological polar surface area (TPSA) is 56.5 Å². The van der Waals surface area contributed by atoms with E-state index in [1.165, 1.54) is 0 Å². The van der Waals surface area contributed by atoms with E-state index in [0.29, 0.717) is 0 Å². The lowest BCUT2D eigenvalue weighted by atomic mass is 10.3. The number of hydrogen-bond donors (Lipinski definition) is 3. The first-order valence-corrected chi connectivity index (χ1v) is 4.76. The van der Waals surface area contributed by atoms with E-state index < -0.39 is 0 Å². The summed E-state index contributed by atoms with van der Waals surface area (Å²) >= 11 is 0. The molecule has 0 saturated heterocycles. The van der Waals surface area contributed by atoms with Crippen molar-refractivity contribution in [3.8, 4) is 0 Å². The Kier molecular flexibility index (Phi) is 1.71. The van der Waals surface area contributed by atoms with Crippen LogP contribution in [-0.2, 0) is 0 Å². The average molecular weight is 198 g/mol. The van der Waals surface area contributed by atoms with Gasteiger partial charge in [-0.2, -0.15) is 0 Å². The molecule has 74 valence electrons. The van der Waals surface area contributed by atoms with Gasteiger partial charge in [0, 0.05) is 12.4 Å². The maximum Gasteiger partial charge on any atom is 0.205 e. The first-order valence-electron chi connectivity index (χ1n) is 4.76. The van der Waals surface area contributed by atoms with Crippen LogP contribution in [0.1, 0.15) is 0 Å². The number of hydrogen-bond acceptors (Lipinski definition) is 2. The number of rotatable bonds is 2. The van der Waals surface area contributed by atoms with Gasteiger partial charge in [-0.15, -0.1) is 0 Å². The Bertz CT molecular complexity index is 532. The van der Waals surface area contributed by atoms with E-state index >= 15 is 0 Å². The molecular weight excluding hydrogens is 188 g/mol. The Balaban J connectivity index is 1.98. The summed E-state index contributed by atoms with van der Waals surface area (Å²) in [5, 5.41) is 3.18. The molecule has 2 heterocycles. The van der Waals surface area contributed by atoms with Crippen LogP contribution < -0.4 is 5.32 Å². The zero-order valence-electron chi connectivity index (χ0n) is 7.99. The molecule has 0 saturated carbocycles. The van der Waals surface area contributed by atoms with Crippen molar-refractivity contribution < 1.29 is 0 Å². The molecule has 3 aromatic rings. The van der Waals surface area contributed by atoms with Gasteiger partial charge < -0.3 is 15.3 Å². The van der Waals surface area contributed by atoms with Gasteiger partial charge >= 0.3 is 0 Å². The summed E-state index contributed by atoms with van der Waals surface area (Å²) in [7, 11) is 0. The Hall–Kier alpha value is -2.23. The predicted molar refractivity (Wildman–Crippen MR) is 60.2 cm³/mol. The maximum atomic E-state index is 4.41. The van der Waals surface area contributed by atoms with Crippen molar-refractivity contribution in [2.24, 2.45) is 0 Å². The van der Waals surface area contributed by atoms with Crippen LogP contribution in [0.3, 0.4) is 0 Å². The van der Waals surface area contributed by atoms with E-state index in [9.17, 15) is 0 Å². The van der Waals surface area contributed by atoms with Gasteiger partial charge in [0.15, 0.2) is 0 Å². The van der Waals surface area contributed by atoms with Crippen molar-refractivity contribution in [1.29, 1.82) is 0 Å². The number of anilines is 2. The third kappa shape index (κ3) is 1.46. The summed E-state index contributed by atoms with van der Waals surface area (Å²) in [6.07, 6.45) is 3.75. The first-order chi connectivity index (χ1) is 7.42. The molecule has 0 spiro atoms. The van der Waals surface area contributed by atoms with Crippen LogP contribution in [0.5, 0.6) is 0 Å². The Morgan fingerprint density at radius 2 is 2.07 bits per heavy atom. The van der Waals surface area contributed by atoms with Crippen LogP contribution in [0.25, 0.3) is 11.0 Å². The summed E-state index contributed by atoms with van der Waals surface area (Å²) in [5.41, 5.74) is 3.00. The van der Waals surface area contributed by atoms with Crippen molar-refractivity contribution in [3.05, 3.63) is 42.7 Å². The van der Waals surface area contributed by atoms with Crippen molar-refractivity contribution in [1.82, 2.24) is 15.0 Å². The molecule has 4 heteroatoms. The highest BCUT2D eigenvalue weighted by Crippen LogP contribution is 2.17. The number of para-hydroxylation sites is 2. The quantitative estimate of drug-likeness (QED) is 0.592. The van der Waals surface area contributed by atoms with E-state index in [1.807, 2.05) is 42.7 Å².